The summed E-state index contributed by atoms with van der Waals surface area (Å²) in [4.78, 5) is 10.7. The molecule has 1 aliphatic carbocycles. The van der Waals surface area contributed by atoms with Gasteiger partial charge in [-0.25, -0.2) is 0 Å². The highest BCUT2D eigenvalue weighted by Crippen LogP contribution is 2.41. The minimum atomic E-state index is -4.55. The Morgan fingerprint density at radius 1 is 1.23 bits per heavy atom. The van der Waals surface area contributed by atoms with E-state index < -0.39 is 11.7 Å². The molecule has 30 heavy (non-hydrogen) atoms. The first-order valence-corrected chi connectivity index (χ1v) is 10.4. The first-order valence-electron chi connectivity index (χ1n) is 9.62. The number of aldehydes is 1. The van der Waals surface area contributed by atoms with Crippen LogP contribution >= 0.6 is 11.3 Å². The maximum Gasteiger partial charge on any atom is 0.416 e. The first-order chi connectivity index (χ1) is 14.1. The Morgan fingerprint density at radius 2 is 1.97 bits per heavy atom. The molecule has 4 rings (SSSR count). The van der Waals surface area contributed by atoms with E-state index in [0.29, 0.717) is 21.9 Å². The van der Waals surface area contributed by atoms with Crippen LogP contribution in [0.5, 0.6) is 0 Å². The second kappa shape index (κ2) is 7.30. The van der Waals surface area contributed by atoms with Gasteiger partial charge in [0.2, 0.25) is 0 Å². The molecule has 0 amide bonds. The van der Waals surface area contributed by atoms with Gasteiger partial charge in [-0.1, -0.05) is 37.3 Å². The average Bonchev–Trinajstić information content (AvgIpc) is 3.26. The minimum absolute atomic E-state index is 0.0487. The van der Waals surface area contributed by atoms with Crippen molar-refractivity contribution in [3.63, 3.8) is 0 Å². The Morgan fingerprint density at radius 3 is 2.67 bits per heavy atom. The fraction of sp³-hybridized carbons (Fsp3) is 0.429. The van der Waals surface area contributed by atoms with E-state index in [9.17, 15) is 18.0 Å². The van der Waals surface area contributed by atoms with Crippen LogP contribution in [0.3, 0.4) is 0 Å². The second-order valence-electron chi connectivity index (χ2n) is 8.39. The lowest BCUT2D eigenvalue weighted by Crippen LogP contribution is -2.23. The number of aromatic nitrogens is 4. The van der Waals surface area contributed by atoms with Crippen molar-refractivity contribution >= 4 is 17.6 Å². The average molecular weight is 434 g/mol. The van der Waals surface area contributed by atoms with Gasteiger partial charge in [0, 0.05) is 30.3 Å². The summed E-state index contributed by atoms with van der Waals surface area (Å²) in [5.74, 6) is 0. The quantitative estimate of drug-likeness (QED) is 0.549. The molecule has 0 spiro atoms. The van der Waals surface area contributed by atoms with Gasteiger partial charge in [0.15, 0.2) is 5.01 Å². The van der Waals surface area contributed by atoms with Gasteiger partial charge in [-0.3, -0.25) is 4.68 Å². The van der Waals surface area contributed by atoms with Crippen molar-refractivity contribution in [2.24, 2.45) is 12.5 Å². The number of aryl methyl sites for hydroxylation is 1. The molecule has 0 radical (unpaired) electrons. The standard InChI is InChI=1S/C21H21F3N4OS/c1-20(2)8-6-14-16(11-20)28(3)27-17(14)19-26-25-18(30-19)13-5-4-12(7-9-29)15(10-13)21(22,23)24/h4-5,9-10H,6-8,11H2,1-3H3. The lowest BCUT2D eigenvalue weighted by molar-refractivity contribution is -0.138. The van der Waals surface area contributed by atoms with Crippen molar-refractivity contribution in [1.29, 1.82) is 0 Å². The Hall–Kier alpha value is -2.55. The van der Waals surface area contributed by atoms with Gasteiger partial charge < -0.3 is 4.79 Å². The van der Waals surface area contributed by atoms with E-state index in [1.54, 1.807) is 6.07 Å². The van der Waals surface area contributed by atoms with Gasteiger partial charge in [-0.2, -0.15) is 18.3 Å². The van der Waals surface area contributed by atoms with Gasteiger partial charge in [-0.15, -0.1) is 10.2 Å². The predicted molar refractivity (Wildman–Crippen MR) is 108 cm³/mol. The topological polar surface area (TPSA) is 60.7 Å². The van der Waals surface area contributed by atoms with Crippen molar-refractivity contribution in [3.8, 4) is 21.3 Å². The number of carbonyl (C=O) groups is 1. The maximum atomic E-state index is 13.4. The predicted octanol–water partition coefficient (Wildman–Crippen LogP) is 4.88. The van der Waals surface area contributed by atoms with Gasteiger partial charge in [0.25, 0.3) is 0 Å². The second-order valence-corrected chi connectivity index (χ2v) is 9.37. The summed E-state index contributed by atoms with van der Waals surface area (Å²) in [7, 11) is 1.91. The first kappa shape index (κ1) is 20.7. The van der Waals surface area contributed by atoms with Crippen LogP contribution in [0, 0.1) is 5.41 Å². The Bertz CT molecular complexity index is 1110. The molecule has 0 unspecified atom stereocenters. The lowest BCUT2D eigenvalue weighted by atomic mass is 9.76. The normalized spacial score (nSPS) is 15.8. The van der Waals surface area contributed by atoms with Crippen LogP contribution < -0.4 is 0 Å². The number of fused-ring (bicyclic) bond motifs is 1. The zero-order valence-corrected chi connectivity index (χ0v) is 17.7. The molecule has 2 aromatic heterocycles. The Balaban J connectivity index is 1.72. The van der Waals surface area contributed by atoms with E-state index in [1.165, 1.54) is 23.1 Å². The highest BCUT2D eigenvalue weighted by atomic mass is 32.1. The van der Waals surface area contributed by atoms with Crippen molar-refractivity contribution in [2.75, 3.05) is 0 Å². The zero-order valence-electron chi connectivity index (χ0n) is 16.9. The molecule has 0 fully saturated rings. The van der Waals surface area contributed by atoms with Crippen LogP contribution in [-0.4, -0.2) is 26.3 Å². The van der Waals surface area contributed by atoms with Gasteiger partial charge in [0.1, 0.15) is 17.0 Å². The van der Waals surface area contributed by atoms with Gasteiger partial charge in [0.05, 0.1) is 5.56 Å². The molecule has 9 heteroatoms. The summed E-state index contributed by atoms with van der Waals surface area (Å²) in [5.41, 5.74) is 2.76. The van der Waals surface area contributed by atoms with Crippen molar-refractivity contribution in [2.45, 2.75) is 45.7 Å². The number of hydrogen-bond donors (Lipinski definition) is 0. The number of halogens is 3. The molecular formula is C21H21F3N4OS. The summed E-state index contributed by atoms with van der Waals surface area (Å²) in [6.45, 7) is 4.47. The van der Waals surface area contributed by atoms with Crippen molar-refractivity contribution in [1.82, 2.24) is 20.0 Å². The molecule has 0 aliphatic heterocycles. The zero-order chi connectivity index (χ0) is 21.7. The van der Waals surface area contributed by atoms with Crippen LogP contribution in [-0.2, 0) is 37.3 Å². The van der Waals surface area contributed by atoms with E-state index in [-0.39, 0.29) is 17.4 Å². The van der Waals surface area contributed by atoms with Crippen LogP contribution in [0.4, 0.5) is 13.2 Å². The van der Waals surface area contributed by atoms with Crippen LogP contribution in [0.2, 0.25) is 0 Å². The molecule has 2 heterocycles. The molecule has 3 aromatic rings. The molecule has 158 valence electrons. The van der Waals surface area contributed by atoms with Crippen molar-refractivity contribution < 1.29 is 18.0 Å². The fourth-order valence-corrected chi connectivity index (χ4v) is 4.79. The number of benzene rings is 1. The number of hydrogen-bond acceptors (Lipinski definition) is 5. The summed E-state index contributed by atoms with van der Waals surface area (Å²) >= 11 is 1.23. The summed E-state index contributed by atoms with van der Waals surface area (Å²) < 4.78 is 42.2. The Kier molecular flexibility index (Phi) is 5.04. The van der Waals surface area contributed by atoms with Crippen LogP contribution in [0.25, 0.3) is 21.3 Å². The van der Waals surface area contributed by atoms with E-state index in [4.69, 9.17) is 0 Å². The SMILES string of the molecule is Cn1nc(-c2nnc(-c3ccc(CC=O)c(C(F)(F)F)c3)s2)c2c1CC(C)(C)CC2. The maximum absolute atomic E-state index is 13.4. The summed E-state index contributed by atoms with van der Waals surface area (Å²) in [6, 6.07) is 3.92. The third kappa shape index (κ3) is 3.78. The molecule has 0 atom stereocenters. The molecule has 1 aliphatic rings. The third-order valence-corrected chi connectivity index (χ3v) is 6.54. The van der Waals surface area contributed by atoms with E-state index in [0.717, 1.165) is 36.6 Å². The smallest absolute Gasteiger partial charge is 0.303 e. The third-order valence-electron chi connectivity index (χ3n) is 5.57. The molecule has 0 saturated heterocycles. The van der Waals surface area contributed by atoms with E-state index in [2.05, 4.69) is 29.1 Å². The number of alkyl halides is 3. The monoisotopic (exact) mass is 434 g/mol. The Labute approximate surface area is 176 Å². The molecule has 0 bridgehead atoms. The largest absolute Gasteiger partial charge is 0.416 e. The number of nitrogens with zero attached hydrogens (tertiary/aromatic N) is 4. The minimum Gasteiger partial charge on any atom is -0.303 e. The molecule has 5 nitrogen and oxygen atoms in total. The lowest BCUT2D eigenvalue weighted by Gasteiger charge is -2.29. The molecular weight excluding hydrogens is 413 g/mol. The fourth-order valence-electron chi connectivity index (χ4n) is 3.94. The van der Waals surface area contributed by atoms with E-state index >= 15 is 0 Å². The number of rotatable bonds is 4. The van der Waals surface area contributed by atoms with Crippen LogP contribution in [0.1, 0.15) is 42.7 Å². The van der Waals surface area contributed by atoms with Crippen LogP contribution in [0.15, 0.2) is 18.2 Å². The highest BCUT2D eigenvalue weighted by Gasteiger charge is 2.34. The van der Waals surface area contributed by atoms with Gasteiger partial charge in [-0.05, 0) is 36.3 Å². The molecule has 0 saturated carbocycles. The number of carbonyl (C=O) groups excluding carboxylic acids is 1. The van der Waals surface area contributed by atoms with Crippen molar-refractivity contribution in [3.05, 3.63) is 40.6 Å². The van der Waals surface area contributed by atoms with E-state index in [1.807, 2.05) is 11.7 Å². The highest BCUT2D eigenvalue weighted by molar-refractivity contribution is 7.17. The van der Waals surface area contributed by atoms with Gasteiger partial charge >= 0.3 is 6.18 Å². The summed E-state index contributed by atoms with van der Waals surface area (Å²) in [6.07, 6.45) is -1.51. The molecule has 1 aromatic carbocycles. The summed E-state index contributed by atoms with van der Waals surface area (Å²) in [5, 5.41) is 14.0. The molecule has 0 N–H and O–H groups in total.